The highest BCUT2D eigenvalue weighted by Crippen LogP contribution is 2.48. The lowest BCUT2D eigenvalue weighted by molar-refractivity contribution is -0.0934. The molecule has 31 heavy (non-hydrogen) atoms. The molecular weight excluding hydrogens is 386 g/mol. The molecule has 0 bridgehead atoms. The Kier molecular flexibility index (Phi) is 7.21. The second-order valence-electron chi connectivity index (χ2n) is 8.99. The highest BCUT2D eigenvalue weighted by molar-refractivity contribution is 5.28. The van der Waals surface area contributed by atoms with Gasteiger partial charge in [0.1, 0.15) is 6.07 Å². The van der Waals surface area contributed by atoms with Gasteiger partial charge in [0.05, 0.1) is 17.8 Å². The standard InChI is InChI=1S/C26H33N3O2/c27-19-21-11-12-25(28-20-21)31-18-6-15-29-16-13-24(14-17-29)26(30,23-9-4-5-10-23)22-7-2-1-3-8-22/h1-3,7-8,11-12,20,23-24,30H,4-6,9-10,13-18H2. The minimum Gasteiger partial charge on any atom is -0.478 e. The molecule has 1 saturated carbocycles. The first-order chi connectivity index (χ1) is 15.2. The molecule has 2 heterocycles. The van der Waals surface area contributed by atoms with Crippen LogP contribution in [0.4, 0.5) is 0 Å². The van der Waals surface area contributed by atoms with Gasteiger partial charge in [0.2, 0.25) is 5.88 Å². The first kappa shape index (κ1) is 21.8. The summed E-state index contributed by atoms with van der Waals surface area (Å²) >= 11 is 0. The highest BCUT2D eigenvalue weighted by Gasteiger charge is 2.46. The third-order valence-electron chi connectivity index (χ3n) is 7.16. The first-order valence-corrected chi connectivity index (χ1v) is 11.7. The van der Waals surface area contributed by atoms with Crippen molar-refractivity contribution in [1.29, 1.82) is 5.26 Å². The minimum atomic E-state index is -0.686. The van der Waals surface area contributed by atoms with E-state index in [1.165, 1.54) is 12.8 Å². The largest absolute Gasteiger partial charge is 0.478 e. The van der Waals surface area contributed by atoms with Crippen molar-refractivity contribution < 1.29 is 9.84 Å². The summed E-state index contributed by atoms with van der Waals surface area (Å²) < 4.78 is 5.71. The molecular formula is C26H33N3O2. The quantitative estimate of drug-likeness (QED) is 0.638. The number of aromatic nitrogens is 1. The van der Waals surface area contributed by atoms with Crippen LogP contribution in [0.1, 0.15) is 56.1 Å². The molecule has 5 heteroatoms. The second kappa shape index (κ2) is 10.3. The van der Waals surface area contributed by atoms with Crippen LogP contribution in [0.15, 0.2) is 48.7 Å². The SMILES string of the molecule is N#Cc1ccc(OCCCN2CCC(C(O)(c3ccccc3)C3CCCC3)CC2)nc1. The van der Waals surface area contributed by atoms with Gasteiger partial charge in [-0.25, -0.2) is 4.98 Å². The lowest BCUT2D eigenvalue weighted by atomic mass is 9.68. The molecule has 164 valence electrons. The van der Waals surface area contributed by atoms with Crippen LogP contribution in [0.5, 0.6) is 5.88 Å². The molecule has 5 nitrogen and oxygen atoms in total. The monoisotopic (exact) mass is 419 g/mol. The average molecular weight is 420 g/mol. The van der Waals surface area contributed by atoms with Gasteiger partial charge in [0.15, 0.2) is 0 Å². The molecule has 2 fully saturated rings. The van der Waals surface area contributed by atoms with E-state index in [4.69, 9.17) is 10.00 Å². The minimum absolute atomic E-state index is 0.327. The molecule has 1 aliphatic heterocycles. The van der Waals surface area contributed by atoms with Gasteiger partial charge in [0, 0.05) is 18.8 Å². The van der Waals surface area contributed by atoms with Gasteiger partial charge in [-0.2, -0.15) is 5.26 Å². The molecule has 1 saturated heterocycles. The summed E-state index contributed by atoms with van der Waals surface area (Å²) in [5.41, 5.74) is 0.973. The molecule has 1 unspecified atom stereocenters. The Morgan fingerprint density at radius 3 is 2.39 bits per heavy atom. The van der Waals surface area contributed by atoms with Gasteiger partial charge >= 0.3 is 0 Å². The molecule has 1 aromatic heterocycles. The average Bonchev–Trinajstić information content (AvgIpc) is 3.38. The van der Waals surface area contributed by atoms with Gasteiger partial charge in [-0.3, -0.25) is 0 Å². The van der Waals surface area contributed by atoms with E-state index in [2.05, 4.69) is 40.2 Å². The van der Waals surface area contributed by atoms with Crippen LogP contribution in [-0.2, 0) is 5.60 Å². The van der Waals surface area contributed by atoms with Crippen LogP contribution in [0, 0.1) is 23.2 Å². The van der Waals surface area contributed by atoms with Gasteiger partial charge in [-0.15, -0.1) is 0 Å². The lowest BCUT2D eigenvalue weighted by Crippen LogP contribution is -2.47. The number of hydrogen-bond donors (Lipinski definition) is 1. The summed E-state index contributed by atoms with van der Waals surface area (Å²) in [7, 11) is 0. The van der Waals surface area contributed by atoms with E-state index in [9.17, 15) is 5.11 Å². The fraction of sp³-hybridized carbons (Fsp3) is 0.538. The third kappa shape index (κ3) is 5.08. The van der Waals surface area contributed by atoms with Gasteiger partial charge in [-0.1, -0.05) is 43.2 Å². The van der Waals surface area contributed by atoms with Crippen molar-refractivity contribution in [3.8, 4) is 11.9 Å². The Labute approximate surface area is 185 Å². The number of ether oxygens (including phenoxy) is 1. The predicted molar refractivity (Wildman–Crippen MR) is 121 cm³/mol. The summed E-state index contributed by atoms with van der Waals surface area (Å²) in [5.74, 6) is 1.29. The van der Waals surface area contributed by atoms with E-state index in [0.717, 1.165) is 57.3 Å². The zero-order valence-corrected chi connectivity index (χ0v) is 18.2. The maximum atomic E-state index is 12.0. The van der Waals surface area contributed by atoms with E-state index in [0.29, 0.717) is 29.9 Å². The van der Waals surface area contributed by atoms with Crippen molar-refractivity contribution in [2.24, 2.45) is 11.8 Å². The van der Waals surface area contributed by atoms with Crippen LogP contribution >= 0.6 is 0 Å². The zero-order chi connectivity index (χ0) is 21.5. The normalized spacial score (nSPS) is 20.3. The van der Waals surface area contributed by atoms with Crippen LogP contribution in [0.25, 0.3) is 0 Å². The van der Waals surface area contributed by atoms with E-state index >= 15 is 0 Å². The van der Waals surface area contributed by atoms with E-state index < -0.39 is 5.60 Å². The number of nitrogens with zero attached hydrogens (tertiary/aromatic N) is 3. The van der Waals surface area contributed by atoms with E-state index in [1.54, 1.807) is 18.3 Å². The highest BCUT2D eigenvalue weighted by atomic mass is 16.5. The maximum absolute atomic E-state index is 12.0. The van der Waals surface area contributed by atoms with Crippen molar-refractivity contribution in [1.82, 2.24) is 9.88 Å². The number of likely N-dealkylation sites (tertiary alicyclic amines) is 1. The molecule has 2 aromatic rings. The van der Waals surface area contributed by atoms with E-state index in [-0.39, 0.29) is 0 Å². The van der Waals surface area contributed by atoms with Crippen LogP contribution in [0.2, 0.25) is 0 Å². The number of nitriles is 1. The number of aliphatic hydroxyl groups is 1. The smallest absolute Gasteiger partial charge is 0.213 e. The van der Waals surface area contributed by atoms with Gasteiger partial charge < -0.3 is 14.7 Å². The summed E-state index contributed by atoms with van der Waals surface area (Å²) in [6, 6.07) is 16.0. The van der Waals surface area contributed by atoms with E-state index in [1.807, 2.05) is 6.07 Å². The second-order valence-corrected chi connectivity index (χ2v) is 8.99. The number of benzene rings is 1. The molecule has 1 atom stereocenters. The third-order valence-corrected chi connectivity index (χ3v) is 7.16. The van der Waals surface area contributed by atoms with Crippen molar-refractivity contribution in [3.63, 3.8) is 0 Å². The summed E-state index contributed by atoms with van der Waals surface area (Å²) in [5, 5.41) is 20.8. The number of pyridine rings is 1. The molecule has 2 aliphatic rings. The number of rotatable bonds is 8. The van der Waals surface area contributed by atoms with Crippen molar-refractivity contribution in [2.45, 2.75) is 50.5 Å². The fourth-order valence-electron chi connectivity index (χ4n) is 5.47. The summed E-state index contributed by atoms with van der Waals surface area (Å²) in [4.78, 5) is 6.64. The predicted octanol–water partition coefficient (Wildman–Crippen LogP) is 4.51. The van der Waals surface area contributed by atoms with Crippen molar-refractivity contribution in [3.05, 3.63) is 59.8 Å². The summed E-state index contributed by atoms with van der Waals surface area (Å²) in [6.07, 6.45) is 9.34. The molecule has 1 aliphatic carbocycles. The lowest BCUT2D eigenvalue weighted by Gasteiger charge is -2.45. The number of piperidine rings is 1. The molecule has 1 N–H and O–H groups in total. The van der Waals surface area contributed by atoms with Crippen molar-refractivity contribution in [2.75, 3.05) is 26.2 Å². The van der Waals surface area contributed by atoms with Crippen LogP contribution in [-0.4, -0.2) is 41.2 Å². The zero-order valence-electron chi connectivity index (χ0n) is 18.2. The molecule has 0 spiro atoms. The van der Waals surface area contributed by atoms with Gasteiger partial charge in [-0.05, 0) is 68.7 Å². The Hall–Kier alpha value is -2.42. The Morgan fingerprint density at radius 1 is 1.03 bits per heavy atom. The molecule has 4 rings (SSSR count). The number of hydrogen-bond acceptors (Lipinski definition) is 5. The Morgan fingerprint density at radius 2 is 1.74 bits per heavy atom. The van der Waals surface area contributed by atoms with Crippen LogP contribution < -0.4 is 4.74 Å². The first-order valence-electron chi connectivity index (χ1n) is 11.7. The van der Waals surface area contributed by atoms with Crippen molar-refractivity contribution >= 4 is 0 Å². The molecule has 0 radical (unpaired) electrons. The molecule has 1 aromatic carbocycles. The van der Waals surface area contributed by atoms with Gasteiger partial charge in [0.25, 0.3) is 0 Å². The topological polar surface area (TPSA) is 69.4 Å². The Bertz CT molecular complexity index is 850. The maximum Gasteiger partial charge on any atom is 0.213 e. The summed E-state index contributed by atoms with van der Waals surface area (Å²) in [6.45, 7) is 3.67. The fourth-order valence-corrected chi connectivity index (χ4v) is 5.47. The Balaban J connectivity index is 1.27. The molecule has 0 amide bonds. The van der Waals surface area contributed by atoms with Crippen LogP contribution in [0.3, 0.4) is 0 Å².